The third-order valence-electron chi connectivity index (χ3n) is 3.33. The van der Waals surface area contributed by atoms with Crippen LogP contribution in [0.15, 0.2) is 18.2 Å². The van der Waals surface area contributed by atoms with E-state index in [2.05, 4.69) is 5.32 Å². The number of hydrogen-bond donors (Lipinski definition) is 2. The van der Waals surface area contributed by atoms with Crippen molar-refractivity contribution < 1.29 is 9.90 Å². The van der Waals surface area contributed by atoms with Crippen molar-refractivity contribution in [3.05, 3.63) is 28.8 Å². The normalized spacial score (nSPS) is 18.0. The Kier molecular flexibility index (Phi) is 3.29. The number of phenols is 1. The average Bonchev–Trinajstić information content (AvgIpc) is 2.68. The molecule has 0 heterocycles. The SMILES string of the molecule is CC1(NC(=O)c2cc(Cl)ccc2O)CCCC1. The lowest BCUT2D eigenvalue weighted by atomic mass is 10.00. The van der Waals surface area contributed by atoms with Gasteiger partial charge in [0.1, 0.15) is 5.75 Å². The second-order valence-corrected chi connectivity index (χ2v) is 5.32. The minimum Gasteiger partial charge on any atom is -0.507 e. The van der Waals surface area contributed by atoms with Crippen molar-refractivity contribution in [2.45, 2.75) is 38.1 Å². The van der Waals surface area contributed by atoms with Gasteiger partial charge in [0.25, 0.3) is 5.91 Å². The standard InChI is InChI=1S/C13H16ClNO2/c1-13(6-2-3-7-13)15-12(17)10-8-9(14)4-5-11(10)16/h4-5,8,16H,2-3,6-7H2,1H3,(H,15,17). The molecular weight excluding hydrogens is 238 g/mol. The molecule has 1 aliphatic rings. The van der Waals surface area contributed by atoms with Crippen LogP contribution >= 0.6 is 11.6 Å². The van der Waals surface area contributed by atoms with Crippen LogP contribution in [0.2, 0.25) is 5.02 Å². The lowest BCUT2D eigenvalue weighted by molar-refractivity contribution is 0.0905. The van der Waals surface area contributed by atoms with Crippen LogP contribution in [0.25, 0.3) is 0 Å². The molecule has 4 heteroatoms. The number of benzene rings is 1. The van der Waals surface area contributed by atoms with Crippen molar-refractivity contribution in [2.24, 2.45) is 0 Å². The van der Waals surface area contributed by atoms with Crippen molar-refractivity contribution in [1.82, 2.24) is 5.32 Å². The Balaban J connectivity index is 2.17. The fourth-order valence-electron chi connectivity index (χ4n) is 2.31. The Morgan fingerprint density at radius 2 is 2.06 bits per heavy atom. The van der Waals surface area contributed by atoms with E-state index in [0.29, 0.717) is 5.02 Å². The summed E-state index contributed by atoms with van der Waals surface area (Å²) in [5.74, 6) is -0.289. The molecule has 0 atom stereocenters. The van der Waals surface area contributed by atoms with E-state index in [1.165, 1.54) is 12.1 Å². The Bertz CT molecular complexity index is 439. The Labute approximate surface area is 106 Å². The van der Waals surface area contributed by atoms with Crippen LogP contribution in [0.4, 0.5) is 0 Å². The summed E-state index contributed by atoms with van der Waals surface area (Å²) in [6, 6.07) is 4.49. The first-order chi connectivity index (χ1) is 8.00. The summed E-state index contributed by atoms with van der Waals surface area (Å²) in [5.41, 5.74) is 0.0943. The summed E-state index contributed by atoms with van der Waals surface area (Å²) >= 11 is 5.82. The highest BCUT2D eigenvalue weighted by molar-refractivity contribution is 6.31. The molecule has 1 aliphatic carbocycles. The van der Waals surface area contributed by atoms with E-state index in [0.717, 1.165) is 25.7 Å². The van der Waals surface area contributed by atoms with Gasteiger partial charge >= 0.3 is 0 Å². The number of halogens is 1. The van der Waals surface area contributed by atoms with Crippen LogP contribution in [-0.2, 0) is 0 Å². The zero-order valence-electron chi connectivity index (χ0n) is 9.79. The highest BCUT2D eigenvalue weighted by atomic mass is 35.5. The van der Waals surface area contributed by atoms with Gasteiger partial charge in [-0.25, -0.2) is 0 Å². The minimum atomic E-state index is -0.255. The van der Waals surface area contributed by atoms with E-state index in [1.807, 2.05) is 6.92 Å². The topological polar surface area (TPSA) is 49.3 Å². The van der Waals surface area contributed by atoms with Crippen LogP contribution in [0.5, 0.6) is 5.75 Å². The van der Waals surface area contributed by atoms with Gasteiger partial charge < -0.3 is 10.4 Å². The smallest absolute Gasteiger partial charge is 0.255 e. The molecule has 1 amide bonds. The molecule has 0 unspecified atom stereocenters. The average molecular weight is 254 g/mol. The monoisotopic (exact) mass is 253 g/mol. The summed E-state index contributed by atoms with van der Waals surface area (Å²) in [6.07, 6.45) is 4.25. The fraction of sp³-hybridized carbons (Fsp3) is 0.462. The molecule has 1 fully saturated rings. The number of amides is 1. The summed E-state index contributed by atoms with van der Waals surface area (Å²) in [6.45, 7) is 2.04. The van der Waals surface area contributed by atoms with Gasteiger partial charge in [-0.3, -0.25) is 4.79 Å². The van der Waals surface area contributed by atoms with Gasteiger partial charge in [0, 0.05) is 10.6 Å². The van der Waals surface area contributed by atoms with E-state index in [1.54, 1.807) is 6.07 Å². The number of phenolic OH excluding ortho intramolecular Hbond substituents is 1. The second-order valence-electron chi connectivity index (χ2n) is 4.88. The summed E-state index contributed by atoms with van der Waals surface area (Å²) in [5, 5.41) is 13.1. The van der Waals surface area contributed by atoms with E-state index in [4.69, 9.17) is 11.6 Å². The molecule has 1 aromatic rings. The van der Waals surface area contributed by atoms with Crippen molar-refractivity contribution in [1.29, 1.82) is 0 Å². The second kappa shape index (κ2) is 4.57. The molecule has 2 N–H and O–H groups in total. The molecule has 1 aromatic carbocycles. The molecule has 17 heavy (non-hydrogen) atoms. The Morgan fingerprint density at radius 1 is 1.41 bits per heavy atom. The van der Waals surface area contributed by atoms with Crippen molar-refractivity contribution >= 4 is 17.5 Å². The maximum atomic E-state index is 12.0. The predicted molar refractivity (Wildman–Crippen MR) is 67.5 cm³/mol. The van der Waals surface area contributed by atoms with E-state index in [-0.39, 0.29) is 22.8 Å². The van der Waals surface area contributed by atoms with Crippen molar-refractivity contribution in [3.63, 3.8) is 0 Å². The van der Waals surface area contributed by atoms with Gasteiger partial charge in [0.2, 0.25) is 0 Å². The Hall–Kier alpha value is -1.22. The summed E-state index contributed by atoms with van der Waals surface area (Å²) < 4.78 is 0. The first kappa shape index (κ1) is 12.2. The third kappa shape index (κ3) is 2.72. The molecule has 0 spiro atoms. The molecule has 3 nitrogen and oxygen atoms in total. The molecule has 1 saturated carbocycles. The molecule has 92 valence electrons. The van der Waals surface area contributed by atoms with Gasteiger partial charge in [-0.15, -0.1) is 0 Å². The van der Waals surface area contributed by atoms with Crippen LogP contribution in [0.3, 0.4) is 0 Å². The molecule has 0 aliphatic heterocycles. The highest BCUT2D eigenvalue weighted by Crippen LogP contribution is 2.30. The number of carbonyl (C=O) groups excluding carboxylic acids is 1. The first-order valence-electron chi connectivity index (χ1n) is 5.81. The number of rotatable bonds is 2. The van der Waals surface area contributed by atoms with E-state index < -0.39 is 0 Å². The minimum absolute atomic E-state index is 0.0338. The largest absolute Gasteiger partial charge is 0.507 e. The molecule has 0 saturated heterocycles. The van der Waals surface area contributed by atoms with Crippen LogP contribution in [-0.4, -0.2) is 16.6 Å². The van der Waals surface area contributed by atoms with Gasteiger partial charge in [0.05, 0.1) is 5.56 Å². The van der Waals surface area contributed by atoms with Crippen LogP contribution in [0.1, 0.15) is 43.0 Å². The molecular formula is C13H16ClNO2. The quantitative estimate of drug-likeness (QED) is 0.851. The maximum Gasteiger partial charge on any atom is 0.255 e. The highest BCUT2D eigenvalue weighted by Gasteiger charge is 2.30. The van der Waals surface area contributed by atoms with Crippen LogP contribution in [0, 0.1) is 0 Å². The number of nitrogens with one attached hydrogen (secondary N) is 1. The zero-order valence-corrected chi connectivity index (χ0v) is 10.5. The zero-order chi connectivity index (χ0) is 12.5. The van der Waals surface area contributed by atoms with Gasteiger partial charge in [0.15, 0.2) is 0 Å². The first-order valence-corrected chi connectivity index (χ1v) is 6.19. The maximum absolute atomic E-state index is 12.0. The Morgan fingerprint density at radius 3 is 2.71 bits per heavy atom. The third-order valence-corrected chi connectivity index (χ3v) is 3.56. The number of hydrogen-bond acceptors (Lipinski definition) is 2. The van der Waals surface area contributed by atoms with Crippen molar-refractivity contribution in [3.8, 4) is 5.75 Å². The molecule has 0 bridgehead atoms. The van der Waals surface area contributed by atoms with E-state index >= 15 is 0 Å². The number of aromatic hydroxyl groups is 1. The van der Waals surface area contributed by atoms with E-state index in [9.17, 15) is 9.90 Å². The fourth-order valence-corrected chi connectivity index (χ4v) is 2.48. The molecule has 0 aromatic heterocycles. The lowest BCUT2D eigenvalue weighted by Crippen LogP contribution is -2.43. The van der Waals surface area contributed by atoms with Crippen LogP contribution < -0.4 is 5.32 Å². The van der Waals surface area contributed by atoms with Gasteiger partial charge in [-0.1, -0.05) is 24.4 Å². The predicted octanol–water partition coefficient (Wildman–Crippen LogP) is 3.11. The van der Waals surface area contributed by atoms with Gasteiger partial charge in [-0.05, 0) is 38.0 Å². The molecule has 0 radical (unpaired) electrons. The number of carbonyl (C=O) groups is 1. The van der Waals surface area contributed by atoms with Gasteiger partial charge in [-0.2, -0.15) is 0 Å². The molecule has 2 rings (SSSR count). The summed E-state index contributed by atoms with van der Waals surface area (Å²) in [7, 11) is 0. The lowest BCUT2D eigenvalue weighted by Gasteiger charge is -2.25. The van der Waals surface area contributed by atoms with Crippen molar-refractivity contribution in [2.75, 3.05) is 0 Å². The summed E-state index contributed by atoms with van der Waals surface area (Å²) in [4.78, 5) is 12.0.